The Morgan fingerprint density at radius 3 is 2.14 bits per heavy atom. The SMILES string of the molecule is O=C(NC[C@@H](O)c1ccc(F)cc1)OCC1c2ccccc2-c2ccccc21. The molecule has 2 N–H and O–H groups in total. The summed E-state index contributed by atoms with van der Waals surface area (Å²) >= 11 is 0. The predicted octanol–water partition coefficient (Wildman–Crippen LogP) is 4.40. The molecular formula is C23H20FNO3. The summed E-state index contributed by atoms with van der Waals surface area (Å²) in [6, 6.07) is 21.7. The molecule has 0 spiro atoms. The van der Waals surface area contributed by atoms with E-state index in [0.717, 1.165) is 11.1 Å². The van der Waals surface area contributed by atoms with Crippen LogP contribution in [0.15, 0.2) is 72.8 Å². The lowest BCUT2D eigenvalue weighted by Gasteiger charge is -2.16. The van der Waals surface area contributed by atoms with Gasteiger partial charge in [0.25, 0.3) is 0 Å². The molecule has 1 aliphatic rings. The van der Waals surface area contributed by atoms with Crippen LogP contribution in [-0.4, -0.2) is 24.4 Å². The van der Waals surface area contributed by atoms with Crippen LogP contribution in [0.1, 0.15) is 28.7 Å². The number of hydrogen-bond acceptors (Lipinski definition) is 3. The van der Waals surface area contributed by atoms with Gasteiger partial charge >= 0.3 is 6.09 Å². The van der Waals surface area contributed by atoms with Crippen molar-refractivity contribution in [2.24, 2.45) is 0 Å². The predicted molar refractivity (Wildman–Crippen MR) is 104 cm³/mol. The number of rotatable bonds is 5. The van der Waals surface area contributed by atoms with Gasteiger partial charge in [0.05, 0.1) is 12.6 Å². The maximum absolute atomic E-state index is 13.0. The van der Waals surface area contributed by atoms with Crippen molar-refractivity contribution in [3.63, 3.8) is 0 Å². The Hall–Kier alpha value is -3.18. The molecule has 28 heavy (non-hydrogen) atoms. The van der Waals surface area contributed by atoms with E-state index in [1.807, 2.05) is 24.3 Å². The zero-order valence-corrected chi connectivity index (χ0v) is 15.1. The Morgan fingerprint density at radius 1 is 0.964 bits per heavy atom. The van der Waals surface area contributed by atoms with Gasteiger partial charge in [-0.3, -0.25) is 0 Å². The van der Waals surface area contributed by atoms with Crippen LogP contribution in [0.5, 0.6) is 0 Å². The monoisotopic (exact) mass is 377 g/mol. The van der Waals surface area contributed by atoms with E-state index in [9.17, 15) is 14.3 Å². The second-order valence-electron chi connectivity index (χ2n) is 6.77. The number of aliphatic hydroxyl groups excluding tert-OH is 1. The van der Waals surface area contributed by atoms with Crippen LogP contribution in [0.25, 0.3) is 11.1 Å². The number of fused-ring (bicyclic) bond motifs is 3. The van der Waals surface area contributed by atoms with E-state index >= 15 is 0 Å². The molecule has 0 radical (unpaired) electrons. The number of aliphatic hydroxyl groups is 1. The van der Waals surface area contributed by atoms with Gasteiger partial charge in [0.1, 0.15) is 12.4 Å². The number of amides is 1. The van der Waals surface area contributed by atoms with Crippen molar-refractivity contribution in [1.29, 1.82) is 0 Å². The first-order chi connectivity index (χ1) is 13.6. The molecule has 1 atom stereocenters. The first-order valence-corrected chi connectivity index (χ1v) is 9.16. The standard InChI is InChI=1S/C23H20FNO3/c24-16-11-9-15(10-12-16)22(26)13-25-23(27)28-14-21-19-7-3-1-5-17(19)18-6-2-4-8-20(18)21/h1-12,21-22,26H,13-14H2,(H,25,27)/t22-/m1/s1. The number of nitrogens with one attached hydrogen (secondary N) is 1. The van der Waals surface area contributed by atoms with Gasteiger partial charge in [0.2, 0.25) is 0 Å². The van der Waals surface area contributed by atoms with Crippen LogP contribution in [0.4, 0.5) is 9.18 Å². The Kier molecular flexibility index (Phi) is 5.08. The highest BCUT2D eigenvalue weighted by atomic mass is 19.1. The third kappa shape index (κ3) is 3.62. The molecule has 0 saturated heterocycles. The van der Waals surface area contributed by atoms with Gasteiger partial charge in [-0.2, -0.15) is 0 Å². The minimum Gasteiger partial charge on any atom is -0.449 e. The van der Waals surface area contributed by atoms with Crippen molar-refractivity contribution in [1.82, 2.24) is 5.32 Å². The third-order valence-electron chi connectivity index (χ3n) is 5.04. The minimum absolute atomic E-state index is 0.0116. The Morgan fingerprint density at radius 2 is 1.54 bits per heavy atom. The number of alkyl carbamates (subject to hydrolysis) is 1. The summed E-state index contributed by atoms with van der Waals surface area (Å²) in [5.74, 6) is -0.388. The Balaban J connectivity index is 1.37. The number of carbonyl (C=O) groups excluding carboxylic acids is 1. The van der Waals surface area contributed by atoms with Gasteiger partial charge in [0, 0.05) is 5.92 Å². The first kappa shape index (κ1) is 18.2. The number of carbonyl (C=O) groups is 1. The fourth-order valence-electron chi connectivity index (χ4n) is 3.63. The summed E-state index contributed by atoms with van der Waals surface area (Å²) in [5, 5.41) is 12.7. The molecule has 3 aromatic rings. The summed E-state index contributed by atoms with van der Waals surface area (Å²) in [6.45, 7) is 0.203. The van der Waals surface area contributed by atoms with Gasteiger partial charge in [0.15, 0.2) is 0 Å². The van der Waals surface area contributed by atoms with E-state index in [-0.39, 0.29) is 24.9 Å². The van der Waals surface area contributed by atoms with Gasteiger partial charge < -0.3 is 15.2 Å². The molecule has 142 valence electrons. The smallest absolute Gasteiger partial charge is 0.407 e. The average Bonchev–Trinajstić information content (AvgIpc) is 3.05. The lowest BCUT2D eigenvalue weighted by molar-refractivity contribution is 0.128. The second-order valence-corrected chi connectivity index (χ2v) is 6.77. The van der Waals surface area contributed by atoms with Gasteiger partial charge in [-0.1, -0.05) is 60.7 Å². The lowest BCUT2D eigenvalue weighted by Crippen LogP contribution is -2.30. The van der Waals surface area contributed by atoms with Crippen molar-refractivity contribution >= 4 is 6.09 Å². The van der Waals surface area contributed by atoms with Crippen LogP contribution in [0, 0.1) is 5.82 Å². The van der Waals surface area contributed by atoms with E-state index in [1.54, 1.807) is 0 Å². The van der Waals surface area contributed by atoms with Gasteiger partial charge in [-0.15, -0.1) is 0 Å². The zero-order valence-electron chi connectivity index (χ0n) is 15.1. The quantitative estimate of drug-likeness (QED) is 0.693. The van der Waals surface area contributed by atoms with Gasteiger partial charge in [-0.25, -0.2) is 9.18 Å². The summed E-state index contributed by atoms with van der Waals surface area (Å²) in [5.41, 5.74) is 5.14. The largest absolute Gasteiger partial charge is 0.449 e. The molecule has 0 saturated carbocycles. The molecule has 0 aromatic heterocycles. The molecule has 5 heteroatoms. The highest BCUT2D eigenvalue weighted by Crippen LogP contribution is 2.44. The molecule has 0 aliphatic heterocycles. The zero-order chi connectivity index (χ0) is 19.5. The molecule has 4 nitrogen and oxygen atoms in total. The molecule has 1 aliphatic carbocycles. The summed E-state index contributed by atoms with van der Waals surface area (Å²) in [7, 11) is 0. The molecule has 4 rings (SSSR count). The summed E-state index contributed by atoms with van der Waals surface area (Å²) in [6.07, 6.45) is -1.52. The topological polar surface area (TPSA) is 58.6 Å². The van der Waals surface area contributed by atoms with Crippen LogP contribution >= 0.6 is 0 Å². The first-order valence-electron chi connectivity index (χ1n) is 9.16. The highest BCUT2D eigenvalue weighted by Gasteiger charge is 2.29. The second kappa shape index (κ2) is 7.82. The minimum atomic E-state index is -0.930. The Bertz CT molecular complexity index is 942. The summed E-state index contributed by atoms with van der Waals surface area (Å²) < 4.78 is 18.4. The van der Waals surface area contributed by atoms with Crippen LogP contribution < -0.4 is 5.32 Å². The third-order valence-corrected chi connectivity index (χ3v) is 5.04. The van der Waals surface area contributed by atoms with Crippen molar-refractivity contribution in [3.8, 4) is 11.1 Å². The van der Waals surface area contributed by atoms with Crippen molar-refractivity contribution < 1.29 is 19.0 Å². The molecule has 1 amide bonds. The van der Waals surface area contributed by atoms with E-state index in [4.69, 9.17) is 4.74 Å². The average molecular weight is 377 g/mol. The molecule has 0 heterocycles. The van der Waals surface area contributed by atoms with Crippen molar-refractivity contribution in [3.05, 3.63) is 95.3 Å². The normalized spacial score (nSPS) is 13.5. The number of benzene rings is 3. The fraction of sp³-hybridized carbons (Fsp3) is 0.174. The summed E-state index contributed by atoms with van der Waals surface area (Å²) in [4.78, 5) is 12.1. The molecule has 0 fully saturated rings. The number of hydrogen-bond donors (Lipinski definition) is 2. The lowest BCUT2D eigenvalue weighted by atomic mass is 9.98. The van der Waals surface area contributed by atoms with E-state index < -0.39 is 12.2 Å². The van der Waals surface area contributed by atoms with Crippen molar-refractivity contribution in [2.45, 2.75) is 12.0 Å². The van der Waals surface area contributed by atoms with E-state index in [2.05, 4.69) is 29.6 Å². The molecule has 3 aromatic carbocycles. The molecule has 0 unspecified atom stereocenters. The van der Waals surface area contributed by atoms with Crippen LogP contribution in [0.3, 0.4) is 0 Å². The van der Waals surface area contributed by atoms with Crippen molar-refractivity contribution in [2.75, 3.05) is 13.2 Å². The molecule has 0 bridgehead atoms. The maximum Gasteiger partial charge on any atom is 0.407 e. The van der Waals surface area contributed by atoms with Gasteiger partial charge in [-0.05, 0) is 39.9 Å². The van der Waals surface area contributed by atoms with Crippen LogP contribution in [0.2, 0.25) is 0 Å². The Labute approximate surface area is 162 Å². The fourth-order valence-corrected chi connectivity index (χ4v) is 3.63. The number of ether oxygens (including phenoxy) is 1. The maximum atomic E-state index is 13.0. The highest BCUT2D eigenvalue weighted by molar-refractivity contribution is 5.79. The van der Waals surface area contributed by atoms with Crippen LogP contribution in [-0.2, 0) is 4.74 Å². The van der Waals surface area contributed by atoms with E-state index in [0.29, 0.717) is 5.56 Å². The number of halogens is 1. The molecular weight excluding hydrogens is 357 g/mol. The van der Waals surface area contributed by atoms with E-state index in [1.165, 1.54) is 35.4 Å².